The van der Waals surface area contributed by atoms with Crippen molar-refractivity contribution in [3.05, 3.63) is 105 Å². The monoisotopic (exact) mass is 698 g/mol. The molecule has 0 amide bonds. The van der Waals surface area contributed by atoms with Crippen LogP contribution in [-0.4, -0.2) is 54.1 Å². The molecule has 1 aromatic heterocycles. The van der Waals surface area contributed by atoms with Crippen molar-refractivity contribution in [3.8, 4) is 34.4 Å². The van der Waals surface area contributed by atoms with E-state index in [-0.39, 0.29) is 6.61 Å². The van der Waals surface area contributed by atoms with E-state index in [4.69, 9.17) is 37.4 Å². The number of benzene rings is 3. The quantitative estimate of drug-likeness (QED) is 0.122. The molecule has 3 heterocycles. The zero-order valence-corrected chi connectivity index (χ0v) is 29.7. The molecule has 0 saturated carbocycles. The minimum atomic E-state index is 0.278. The average molecular weight is 700 g/mol. The van der Waals surface area contributed by atoms with Gasteiger partial charge in [-0.25, -0.2) is 0 Å². The predicted octanol–water partition coefficient (Wildman–Crippen LogP) is 9.24. The third-order valence-corrected chi connectivity index (χ3v) is 10.1. The van der Waals surface area contributed by atoms with Crippen molar-refractivity contribution in [1.29, 1.82) is 5.26 Å². The van der Waals surface area contributed by atoms with Crippen molar-refractivity contribution in [2.75, 3.05) is 39.3 Å². The fraction of sp³-hybridized carbons (Fsp3) is 0.400. The van der Waals surface area contributed by atoms with Gasteiger partial charge in [0.15, 0.2) is 0 Å². The molecule has 0 unspecified atom stereocenters. The van der Waals surface area contributed by atoms with Gasteiger partial charge in [0.1, 0.15) is 36.5 Å². The Labute approximate surface area is 300 Å². The van der Waals surface area contributed by atoms with Gasteiger partial charge in [-0.1, -0.05) is 60.0 Å². The molecule has 256 valence electrons. The largest absolute Gasteiger partial charge is 0.492 e. The van der Waals surface area contributed by atoms with Crippen LogP contribution in [-0.2, 0) is 19.8 Å². The summed E-state index contributed by atoms with van der Waals surface area (Å²) >= 11 is 13.8. The number of likely N-dealkylation sites (tertiary alicyclic amines) is 2. The van der Waals surface area contributed by atoms with Crippen LogP contribution in [0.2, 0.25) is 10.0 Å². The number of piperidine rings is 1. The minimum absolute atomic E-state index is 0.278. The van der Waals surface area contributed by atoms with Crippen molar-refractivity contribution < 1.29 is 14.2 Å². The lowest BCUT2D eigenvalue weighted by atomic mass is 9.96. The van der Waals surface area contributed by atoms with Gasteiger partial charge in [0.2, 0.25) is 0 Å². The fourth-order valence-electron chi connectivity index (χ4n) is 6.69. The molecule has 2 aliphatic rings. The Morgan fingerprint density at radius 1 is 0.755 bits per heavy atom. The summed E-state index contributed by atoms with van der Waals surface area (Å²) in [5.74, 6) is 1.97. The zero-order valence-electron chi connectivity index (χ0n) is 28.2. The number of aromatic nitrogens is 1. The molecule has 0 aliphatic carbocycles. The molecule has 3 aromatic carbocycles. The molecule has 0 bridgehead atoms. The van der Waals surface area contributed by atoms with Crippen molar-refractivity contribution >= 4 is 23.2 Å². The van der Waals surface area contributed by atoms with Crippen LogP contribution in [0.15, 0.2) is 67.0 Å². The van der Waals surface area contributed by atoms with E-state index >= 15 is 0 Å². The van der Waals surface area contributed by atoms with Gasteiger partial charge in [-0.05, 0) is 100 Å². The number of halogens is 2. The highest BCUT2D eigenvalue weighted by Crippen LogP contribution is 2.39. The summed E-state index contributed by atoms with van der Waals surface area (Å²) < 4.78 is 18.9. The lowest BCUT2D eigenvalue weighted by Gasteiger charge is -2.27. The van der Waals surface area contributed by atoms with Crippen molar-refractivity contribution in [3.63, 3.8) is 0 Å². The molecule has 0 spiro atoms. The molecule has 9 heteroatoms. The van der Waals surface area contributed by atoms with Crippen LogP contribution in [0.25, 0.3) is 11.1 Å². The maximum absolute atomic E-state index is 9.31. The molecule has 6 rings (SSSR count). The molecule has 0 atom stereocenters. The maximum atomic E-state index is 9.31. The molecule has 49 heavy (non-hydrogen) atoms. The highest BCUT2D eigenvalue weighted by molar-refractivity contribution is 6.35. The Morgan fingerprint density at radius 2 is 1.49 bits per heavy atom. The second-order valence-electron chi connectivity index (χ2n) is 13.0. The van der Waals surface area contributed by atoms with Crippen LogP contribution in [0.4, 0.5) is 0 Å². The normalized spacial score (nSPS) is 15.2. The standard InChI is InChI=1S/C40H44Cl2N4O3/c1-29-32(10-7-11-34(29)35-12-8-13-37(40(35)42)47-19-9-18-45-14-5-6-15-45)28-49-39-22-38(48-27-31-20-30(23-43)24-44-25-31)33(21-36(39)41)26-46-16-3-2-4-17-46/h7-8,10-13,20-22,24-25H,2-6,9,14-19,26-28H2,1H3. The Morgan fingerprint density at radius 3 is 2.31 bits per heavy atom. The van der Waals surface area contributed by atoms with Gasteiger partial charge in [0.05, 0.1) is 22.2 Å². The fourth-order valence-corrected chi connectivity index (χ4v) is 7.21. The maximum Gasteiger partial charge on any atom is 0.142 e. The highest BCUT2D eigenvalue weighted by Gasteiger charge is 2.19. The van der Waals surface area contributed by atoms with E-state index < -0.39 is 0 Å². The summed E-state index contributed by atoms with van der Waals surface area (Å²) in [6, 6.07) is 20.0. The number of pyridine rings is 1. The Bertz CT molecular complexity index is 1760. The van der Waals surface area contributed by atoms with Crippen molar-refractivity contribution in [1.82, 2.24) is 14.8 Å². The van der Waals surface area contributed by atoms with Gasteiger partial charge < -0.3 is 19.1 Å². The minimum Gasteiger partial charge on any atom is -0.492 e. The van der Waals surface area contributed by atoms with Crippen molar-refractivity contribution in [2.45, 2.75) is 65.2 Å². The van der Waals surface area contributed by atoms with Gasteiger partial charge in [-0.2, -0.15) is 5.26 Å². The smallest absolute Gasteiger partial charge is 0.142 e. The zero-order chi connectivity index (χ0) is 34.0. The predicted molar refractivity (Wildman–Crippen MR) is 196 cm³/mol. The third-order valence-electron chi connectivity index (χ3n) is 9.43. The first-order valence-electron chi connectivity index (χ1n) is 17.4. The molecular formula is C40H44Cl2N4O3. The molecule has 4 aromatic rings. The van der Waals surface area contributed by atoms with E-state index in [1.54, 1.807) is 18.5 Å². The number of nitrogens with zero attached hydrogens (tertiary/aromatic N) is 4. The van der Waals surface area contributed by atoms with Crippen molar-refractivity contribution in [2.24, 2.45) is 0 Å². The highest BCUT2D eigenvalue weighted by atomic mass is 35.5. The van der Waals surface area contributed by atoms with E-state index in [1.807, 2.05) is 36.4 Å². The number of nitriles is 1. The van der Waals surface area contributed by atoms with E-state index in [9.17, 15) is 5.26 Å². The molecule has 0 N–H and O–H groups in total. The van der Waals surface area contributed by atoms with Crippen LogP contribution in [0, 0.1) is 18.3 Å². The van der Waals surface area contributed by atoms with Gasteiger partial charge >= 0.3 is 0 Å². The number of hydrogen-bond acceptors (Lipinski definition) is 7. The van der Waals surface area contributed by atoms with E-state index in [0.29, 0.717) is 46.1 Å². The molecule has 2 saturated heterocycles. The van der Waals surface area contributed by atoms with Crippen LogP contribution in [0.5, 0.6) is 17.2 Å². The Hall–Kier alpha value is -3.80. The summed E-state index contributed by atoms with van der Waals surface area (Å²) in [7, 11) is 0. The Kier molecular flexibility index (Phi) is 12.3. The summed E-state index contributed by atoms with van der Waals surface area (Å²) in [5, 5.41) is 10.5. The topological polar surface area (TPSA) is 70.8 Å². The SMILES string of the molecule is Cc1c(COc2cc(OCc3cncc(C#N)c3)c(CN3CCCCC3)cc2Cl)cccc1-c1cccc(OCCCN2CCCC2)c1Cl. The molecule has 0 radical (unpaired) electrons. The number of hydrogen-bond donors (Lipinski definition) is 0. The number of rotatable bonds is 14. The first-order chi connectivity index (χ1) is 24.0. The first-order valence-corrected chi connectivity index (χ1v) is 18.1. The van der Waals surface area contributed by atoms with Gasteiger partial charge in [-0.15, -0.1) is 0 Å². The second-order valence-corrected chi connectivity index (χ2v) is 13.7. The van der Waals surface area contributed by atoms with E-state index in [2.05, 4.69) is 39.9 Å². The molecule has 7 nitrogen and oxygen atoms in total. The summed E-state index contributed by atoms with van der Waals surface area (Å²) in [6.45, 7) is 9.62. The second kappa shape index (κ2) is 17.2. The summed E-state index contributed by atoms with van der Waals surface area (Å²) in [5.41, 5.74) is 6.41. The lowest BCUT2D eigenvalue weighted by molar-refractivity contribution is 0.214. The number of ether oxygens (including phenoxy) is 3. The van der Waals surface area contributed by atoms with Crippen LogP contribution >= 0.6 is 23.2 Å². The summed E-state index contributed by atoms with van der Waals surface area (Å²) in [4.78, 5) is 9.12. The average Bonchev–Trinajstić information content (AvgIpc) is 3.65. The van der Waals surface area contributed by atoms with Crippen LogP contribution in [0.3, 0.4) is 0 Å². The Balaban J connectivity index is 1.17. The van der Waals surface area contributed by atoms with Crippen LogP contribution < -0.4 is 14.2 Å². The van der Waals surface area contributed by atoms with Gasteiger partial charge in [0.25, 0.3) is 0 Å². The van der Waals surface area contributed by atoms with E-state index in [0.717, 1.165) is 66.0 Å². The van der Waals surface area contributed by atoms with Crippen LogP contribution in [0.1, 0.15) is 66.3 Å². The van der Waals surface area contributed by atoms with E-state index in [1.165, 1.54) is 45.2 Å². The van der Waals surface area contributed by atoms with Gasteiger partial charge in [0, 0.05) is 48.2 Å². The molecular weight excluding hydrogens is 655 g/mol. The molecule has 2 fully saturated rings. The molecule has 2 aliphatic heterocycles. The van der Waals surface area contributed by atoms with Gasteiger partial charge in [-0.3, -0.25) is 9.88 Å². The first kappa shape index (κ1) is 35.0. The third kappa shape index (κ3) is 9.26. The lowest BCUT2D eigenvalue weighted by Crippen LogP contribution is -2.29. The summed E-state index contributed by atoms with van der Waals surface area (Å²) in [6.07, 6.45) is 10.5.